The number of hydrogen-bond donors (Lipinski definition) is 1. The van der Waals surface area contributed by atoms with Gasteiger partial charge in [0.25, 0.3) is 0 Å². The molecule has 5 heteroatoms. The SMILES string of the molecule is CCOC(=O)c1[nH]c(-c2cccc(OC)c2)cc1-c1ccncc1. The Bertz CT molecular complexity index is 841. The molecule has 0 fully saturated rings. The Morgan fingerprint density at radius 2 is 1.92 bits per heavy atom. The maximum Gasteiger partial charge on any atom is 0.355 e. The van der Waals surface area contributed by atoms with E-state index in [0.717, 1.165) is 28.1 Å². The zero-order chi connectivity index (χ0) is 16.9. The van der Waals surface area contributed by atoms with Crippen molar-refractivity contribution in [3.63, 3.8) is 0 Å². The number of H-pyrrole nitrogens is 1. The Hall–Kier alpha value is -3.08. The average Bonchev–Trinajstić information content (AvgIpc) is 3.08. The fourth-order valence-corrected chi connectivity index (χ4v) is 2.52. The fraction of sp³-hybridized carbons (Fsp3) is 0.158. The number of ether oxygens (including phenoxy) is 2. The van der Waals surface area contributed by atoms with Gasteiger partial charge in [0.1, 0.15) is 11.4 Å². The Balaban J connectivity index is 2.10. The molecule has 0 spiro atoms. The summed E-state index contributed by atoms with van der Waals surface area (Å²) >= 11 is 0. The third-order valence-electron chi connectivity index (χ3n) is 3.67. The summed E-state index contributed by atoms with van der Waals surface area (Å²) in [6, 6.07) is 13.3. The van der Waals surface area contributed by atoms with Crippen LogP contribution in [0.2, 0.25) is 0 Å². The van der Waals surface area contributed by atoms with Crippen LogP contribution in [0.5, 0.6) is 5.75 Å². The maximum absolute atomic E-state index is 12.3. The number of aromatic nitrogens is 2. The predicted molar refractivity (Wildman–Crippen MR) is 92.0 cm³/mol. The number of hydrogen-bond acceptors (Lipinski definition) is 4. The van der Waals surface area contributed by atoms with E-state index in [1.54, 1.807) is 26.4 Å². The van der Waals surface area contributed by atoms with Gasteiger partial charge in [-0.05, 0) is 42.8 Å². The van der Waals surface area contributed by atoms with E-state index >= 15 is 0 Å². The third kappa shape index (κ3) is 3.15. The molecule has 1 N–H and O–H groups in total. The maximum atomic E-state index is 12.3. The molecule has 0 saturated heterocycles. The molecule has 0 aliphatic carbocycles. The number of nitrogens with zero attached hydrogens (tertiary/aromatic N) is 1. The number of esters is 1. The van der Waals surface area contributed by atoms with Crippen LogP contribution in [0, 0.1) is 0 Å². The van der Waals surface area contributed by atoms with E-state index in [4.69, 9.17) is 9.47 Å². The van der Waals surface area contributed by atoms with Gasteiger partial charge >= 0.3 is 5.97 Å². The molecule has 0 saturated carbocycles. The predicted octanol–water partition coefficient (Wildman–Crippen LogP) is 3.93. The summed E-state index contributed by atoms with van der Waals surface area (Å²) < 4.78 is 10.4. The van der Waals surface area contributed by atoms with Crippen LogP contribution in [0.3, 0.4) is 0 Å². The first-order chi connectivity index (χ1) is 11.7. The number of methoxy groups -OCH3 is 1. The fourth-order valence-electron chi connectivity index (χ4n) is 2.52. The number of benzene rings is 1. The first-order valence-electron chi connectivity index (χ1n) is 7.68. The molecule has 0 atom stereocenters. The van der Waals surface area contributed by atoms with E-state index < -0.39 is 0 Å². The molecule has 0 amide bonds. The molecule has 5 nitrogen and oxygen atoms in total. The lowest BCUT2D eigenvalue weighted by atomic mass is 10.1. The first kappa shape index (κ1) is 15.8. The number of carbonyl (C=O) groups excluding carboxylic acids is 1. The van der Waals surface area contributed by atoms with Crippen molar-refractivity contribution in [2.75, 3.05) is 13.7 Å². The molecule has 122 valence electrons. The lowest BCUT2D eigenvalue weighted by molar-refractivity contribution is 0.0521. The van der Waals surface area contributed by atoms with Crippen LogP contribution >= 0.6 is 0 Å². The number of carbonyl (C=O) groups is 1. The van der Waals surface area contributed by atoms with Crippen LogP contribution in [0.25, 0.3) is 22.4 Å². The molecule has 0 aliphatic heterocycles. The van der Waals surface area contributed by atoms with Gasteiger partial charge in [-0.2, -0.15) is 0 Å². The van der Waals surface area contributed by atoms with Crippen molar-refractivity contribution in [3.8, 4) is 28.1 Å². The molecule has 24 heavy (non-hydrogen) atoms. The molecular formula is C19H18N2O3. The van der Waals surface area contributed by atoms with Crippen LogP contribution in [0.4, 0.5) is 0 Å². The minimum absolute atomic E-state index is 0.322. The normalized spacial score (nSPS) is 10.4. The zero-order valence-corrected chi connectivity index (χ0v) is 13.6. The van der Waals surface area contributed by atoms with Gasteiger partial charge in [-0.3, -0.25) is 4.98 Å². The van der Waals surface area contributed by atoms with E-state index in [9.17, 15) is 4.79 Å². The largest absolute Gasteiger partial charge is 0.497 e. The van der Waals surface area contributed by atoms with Gasteiger partial charge in [0.2, 0.25) is 0 Å². The minimum atomic E-state index is -0.376. The number of aromatic amines is 1. The van der Waals surface area contributed by atoms with Crippen LogP contribution < -0.4 is 4.74 Å². The highest BCUT2D eigenvalue weighted by Crippen LogP contribution is 2.31. The average molecular weight is 322 g/mol. The van der Waals surface area contributed by atoms with Gasteiger partial charge in [0.05, 0.1) is 13.7 Å². The van der Waals surface area contributed by atoms with E-state index in [1.807, 2.05) is 42.5 Å². The minimum Gasteiger partial charge on any atom is -0.497 e. The van der Waals surface area contributed by atoms with Crippen LogP contribution in [0.15, 0.2) is 54.9 Å². The molecule has 2 heterocycles. The molecule has 2 aromatic heterocycles. The van der Waals surface area contributed by atoms with Crippen molar-refractivity contribution in [1.29, 1.82) is 0 Å². The summed E-state index contributed by atoms with van der Waals surface area (Å²) in [4.78, 5) is 19.5. The first-order valence-corrected chi connectivity index (χ1v) is 7.68. The van der Waals surface area contributed by atoms with Gasteiger partial charge in [0.15, 0.2) is 0 Å². The second-order valence-corrected chi connectivity index (χ2v) is 5.16. The van der Waals surface area contributed by atoms with Crippen molar-refractivity contribution in [2.24, 2.45) is 0 Å². The van der Waals surface area contributed by atoms with Crippen molar-refractivity contribution < 1.29 is 14.3 Å². The zero-order valence-electron chi connectivity index (χ0n) is 13.6. The Morgan fingerprint density at radius 3 is 2.62 bits per heavy atom. The van der Waals surface area contributed by atoms with Crippen molar-refractivity contribution in [2.45, 2.75) is 6.92 Å². The molecule has 3 rings (SSSR count). The molecule has 0 unspecified atom stereocenters. The van der Waals surface area contributed by atoms with Crippen LogP contribution in [-0.4, -0.2) is 29.7 Å². The van der Waals surface area contributed by atoms with Gasteiger partial charge in [-0.1, -0.05) is 12.1 Å². The van der Waals surface area contributed by atoms with Gasteiger partial charge in [-0.25, -0.2) is 4.79 Å². The number of pyridine rings is 1. The standard InChI is InChI=1S/C19H18N2O3/c1-3-24-19(22)18-16(13-7-9-20-10-8-13)12-17(21-18)14-5-4-6-15(11-14)23-2/h4-12,21H,3H2,1-2H3. The van der Waals surface area contributed by atoms with Gasteiger partial charge < -0.3 is 14.5 Å². The van der Waals surface area contributed by atoms with Crippen molar-refractivity contribution >= 4 is 5.97 Å². The molecule has 3 aromatic rings. The van der Waals surface area contributed by atoms with E-state index in [2.05, 4.69) is 9.97 Å². The number of rotatable bonds is 5. The highest BCUT2D eigenvalue weighted by molar-refractivity contribution is 5.97. The lowest BCUT2D eigenvalue weighted by Gasteiger charge is -2.03. The lowest BCUT2D eigenvalue weighted by Crippen LogP contribution is -2.06. The summed E-state index contributed by atoms with van der Waals surface area (Å²) in [5.41, 5.74) is 3.87. The van der Waals surface area contributed by atoms with Crippen molar-refractivity contribution in [1.82, 2.24) is 9.97 Å². The molecule has 0 bridgehead atoms. The molecule has 0 aliphatic rings. The van der Waals surface area contributed by atoms with Gasteiger partial charge in [0, 0.05) is 29.2 Å². The van der Waals surface area contributed by atoms with E-state index in [0.29, 0.717) is 12.3 Å². The van der Waals surface area contributed by atoms with Gasteiger partial charge in [-0.15, -0.1) is 0 Å². The third-order valence-corrected chi connectivity index (χ3v) is 3.67. The quantitative estimate of drug-likeness (QED) is 0.723. The second kappa shape index (κ2) is 7.00. The number of nitrogens with one attached hydrogen (secondary N) is 1. The van der Waals surface area contributed by atoms with E-state index in [1.165, 1.54) is 0 Å². The topological polar surface area (TPSA) is 64.2 Å². The molecular weight excluding hydrogens is 304 g/mol. The Labute approximate surface area is 140 Å². The molecule has 1 aromatic carbocycles. The van der Waals surface area contributed by atoms with E-state index in [-0.39, 0.29) is 5.97 Å². The summed E-state index contributed by atoms with van der Waals surface area (Å²) in [5, 5.41) is 0. The Kier molecular flexibility index (Phi) is 4.61. The monoisotopic (exact) mass is 322 g/mol. The second-order valence-electron chi connectivity index (χ2n) is 5.16. The summed E-state index contributed by atoms with van der Waals surface area (Å²) in [5.74, 6) is 0.378. The summed E-state index contributed by atoms with van der Waals surface area (Å²) in [7, 11) is 1.63. The van der Waals surface area contributed by atoms with Crippen LogP contribution in [0.1, 0.15) is 17.4 Å². The highest BCUT2D eigenvalue weighted by atomic mass is 16.5. The highest BCUT2D eigenvalue weighted by Gasteiger charge is 2.18. The summed E-state index contributed by atoms with van der Waals surface area (Å²) in [6.07, 6.45) is 3.39. The smallest absolute Gasteiger partial charge is 0.355 e. The Morgan fingerprint density at radius 1 is 1.12 bits per heavy atom. The molecule has 0 radical (unpaired) electrons. The summed E-state index contributed by atoms with van der Waals surface area (Å²) in [6.45, 7) is 2.11. The van der Waals surface area contributed by atoms with Crippen LogP contribution in [-0.2, 0) is 4.74 Å². The van der Waals surface area contributed by atoms with Crippen molar-refractivity contribution in [3.05, 3.63) is 60.6 Å².